The molecule has 15 heteroatoms. The molecule has 0 atom stereocenters. The van der Waals surface area contributed by atoms with E-state index in [4.69, 9.17) is 52.1 Å². The minimum atomic E-state index is -0.473. The molecule has 0 bridgehead atoms. The standard InChI is InChI=1S/C44H62N2O13/c47-43(59-36-42-40-13-6-4-11-38(40)39-12-5-7-14-41(39)42)45-15-8-17-49-19-21-51-23-25-53-27-29-55-31-33-57-34-32-56-30-28-54-26-24-52-22-20-50-18-16-46-44(48)58-35-37-9-2-1-3-10-37/h1-7,9-14,42H,8,15-36H2,(H,45,47)(H,46,48). The first-order valence-corrected chi connectivity index (χ1v) is 20.5. The summed E-state index contributed by atoms with van der Waals surface area (Å²) in [6, 6.07) is 26.1. The van der Waals surface area contributed by atoms with Crippen LogP contribution in [-0.4, -0.2) is 151 Å². The fraction of sp³-hybridized carbons (Fsp3) is 0.545. The lowest BCUT2D eigenvalue weighted by Gasteiger charge is -2.14. The molecule has 3 aromatic rings. The van der Waals surface area contributed by atoms with E-state index in [2.05, 4.69) is 34.9 Å². The van der Waals surface area contributed by atoms with Gasteiger partial charge in [-0.1, -0.05) is 78.9 Å². The monoisotopic (exact) mass is 826 g/mol. The second-order valence-corrected chi connectivity index (χ2v) is 13.1. The van der Waals surface area contributed by atoms with Crippen molar-refractivity contribution in [2.75, 3.05) is 139 Å². The highest BCUT2D eigenvalue weighted by atomic mass is 16.6. The van der Waals surface area contributed by atoms with Crippen LogP contribution < -0.4 is 10.6 Å². The Morgan fingerprint density at radius 3 is 1.25 bits per heavy atom. The van der Waals surface area contributed by atoms with Crippen molar-refractivity contribution in [1.82, 2.24) is 10.6 Å². The van der Waals surface area contributed by atoms with Gasteiger partial charge in [-0.05, 0) is 34.2 Å². The Morgan fingerprint density at radius 2 is 0.780 bits per heavy atom. The lowest BCUT2D eigenvalue weighted by Crippen LogP contribution is -2.28. The number of carbonyl (C=O) groups is 2. The Labute approximate surface area is 348 Å². The van der Waals surface area contributed by atoms with Crippen molar-refractivity contribution in [1.29, 1.82) is 0 Å². The maximum Gasteiger partial charge on any atom is 0.407 e. The molecule has 0 heterocycles. The highest BCUT2D eigenvalue weighted by molar-refractivity contribution is 5.79. The van der Waals surface area contributed by atoms with Crippen LogP contribution in [0.25, 0.3) is 11.1 Å². The molecule has 1 aliphatic carbocycles. The maximum absolute atomic E-state index is 12.3. The Morgan fingerprint density at radius 1 is 0.407 bits per heavy atom. The number of ether oxygens (including phenoxy) is 11. The van der Waals surface area contributed by atoms with Crippen LogP contribution >= 0.6 is 0 Å². The summed E-state index contributed by atoms with van der Waals surface area (Å²) in [5.41, 5.74) is 5.73. The highest BCUT2D eigenvalue weighted by Gasteiger charge is 2.29. The first-order valence-electron chi connectivity index (χ1n) is 20.5. The first kappa shape index (κ1) is 47.5. The normalized spacial score (nSPS) is 11.9. The number of amides is 2. The van der Waals surface area contributed by atoms with Gasteiger partial charge in [0.1, 0.15) is 13.2 Å². The number of alkyl carbamates (subject to hydrolysis) is 2. The zero-order valence-electron chi connectivity index (χ0n) is 34.2. The predicted molar refractivity (Wildman–Crippen MR) is 220 cm³/mol. The second kappa shape index (κ2) is 31.7. The Kier molecular flexibility index (Phi) is 25.5. The molecule has 0 saturated heterocycles. The average molecular weight is 827 g/mol. The van der Waals surface area contributed by atoms with Gasteiger partial charge >= 0.3 is 12.2 Å². The molecule has 326 valence electrons. The fourth-order valence-electron chi connectivity index (χ4n) is 5.87. The summed E-state index contributed by atoms with van der Waals surface area (Å²) in [5, 5.41) is 5.45. The zero-order valence-corrected chi connectivity index (χ0v) is 34.2. The molecule has 3 aromatic carbocycles. The van der Waals surface area contributed by atoms with Crippen LogP contribution in [0.4, 0.5) is 9.59 Å². The Hall–Kier alpha value is -4.16. The molecule has 0 saturated carbocycles. The minimum absolute atomic E-state index is 0.0451. The van der Waals surface area contributed by atoms with Gasteiger partial charge in [0.15, 0.2) is 0 Å². The van der Waals surface area contributed by atoms with Crippen molar-refractivity contribution in [2.45, 2.75) is 18.9 Å². The summed E-state index contributed by atoms with van der Waals surface area (Å²) in [6.45, 7) is 9.77. The minimum Gasteiger partial charge on any atom is -0.449 e. The third kappa shape index (κ3) is 21.1. The molecule has 0 aliphatic heterocycles. The summed E-state index contributed by atoms with van der Waals surface area (Å²) in [4.78, 5) is 24.0. The zero-order chi connectivity index (χ0) is 41.3. The second-order valence-electron chi connectivity index (χ2n) is 13.1. The van der Waals surface area contributed by atoms with Crippen molar-refractivity contribution < 1.29 is 61.7 Å². The van der Waals surface area contributed by atoms with Crippen LogP contribution in [-0.2, 0) is 58.7 Å². The van der Waals surface area contributed by atoms with Gasteiger partial charge < -0.3 is 62.7 Å². The number of carbonyl (C=O) groups excluding carboxylic acids is 2. The van der Waals surface area contributed by atoms with Crippen molar-refractivity contribution in [3.8, 4) is 11.1 Å². The predicted octanol–water partition coefficient (Wildman–Crippen LogP) is 4.99. The number of benzene rings is 3. The molecule has 0 aromatic heterocycles. The number of fused-ring (bicyclic) bond motifs is 3. The van der Waals surface area contributed by atoms with E-state index in [1.165, 1.54) is 22.3 Å². The average Bonchev–Trinajstić information content (AvgIpc) is 3.59. The van der Waals surface area contributed by atoms with E-state index in [-0.39, 0.29) is 12.5 Å². The topological polar surface area (TPSA) is 160 Å². The van der Waals surface area contributed by atoms with Crippen LogP contribution in [0.15, 0.2) is 78.9 Å². The molecule has 0 radical (unpaired) electrons. The van der Waals surface area contributed by atoms with Gasteiger partial charge in [0.2, 0.25) is 0 Å². The van der Waals surface area contributed by atoms with E-state index >= 15 is 0 Å². The van der Waals surface area contributed by atoms with Gasteiger partial charge in [0.05, 0.1) is 112 Å². The number of hydrogen-bond acceptors (Lipinski definition) is 13. The largest absolute Gasteiger partial charge is 0.449 e. The number of hydrogen-bond donors (Lipinski definition) is 2. The first-order chi connectivity index (χ1) is 29.2. The molecule has 4 rings (SSSR count). The SMILES string of the molecule is O=C(NCCOCCOCCOCCOCCOCCOCCOCCOCCOCCCNC(=O)OCC1c2ccccc2-c2ccccc21)OCc1ccccc1. The van der Waals surface area contributed by atoms with Gasteiger partial charge in [-0.2, -0.15) is 0 Å². The third-order valence-corrected chi connectivity index (χ3v) is 8.78. The van der Waals surface area contributed by atoms with Crippen molar-refractivity contribution in [3.63, 3.8) is 0 Å². The third-order valence-electron chi connectivity index (χ3n) is 8.78. The summed E-state index contributed by atoms with van der Waals surface area (Å²) in [7, 11) is 0. The van der Waals surface area contributed by atoms with E-state index in [0.717, 1.165) is 5.56 Å². The molecule has 15 nitrogen and oxygen atoms in total. The van der Waals surface area contributed by atoms with E-state index in [9.17, 15) is 9.59 Å². The van der Waals surface area contributed by atoms with Crippen LogP contribution in [0, 0.1) is 0 Å². The molecule has 2 amide bonds. The number of rotatable bonds is 35. The molecule has 2 N–H and O–H groups in total. The van der Waals surface area contributed by atoms with Gasteiger partial charge in [-0.3, -0.25) is 0 Å². The molecule has 0 spiro atoms. The van der Waals surface area contributed by atoms with Crippen LogP contribution in [0.2, 0.25) is 0 Å². The van der Waals surface area contributed by atoms with Gasteiger partial charge in [-0.15, -0.1) is 0 Å². The van der Waals surface area contributed by atoms with Crippen LogP contribution in [0.5, 0.6) is 0 Å². The molecule has 0 fully saturated rings. The molecule has 0 unspecified atom stereocenters. The van der Waals surface area contributed by atoms with Crippen molar-refractivity contribution in [3.05, 3.63) is 95.6 Å². The molecule has 59 heavy (non-hydrogen) atoms. The highest BCUT2D eigenvalue weighted by Crippen LogP contribution is 2.44. The fourth-order valence-corrected chi connectivity index (χ4v) is 5.87. The van der Waals surface area contributed by atoms with Crippen LogP contribution in [0.1, 0.15) is 29.0 Å². The van der Waals surface area contributed by atoms with E-state index in [1.807, 2.05) is 54.6 Å². The lowest BCUT2D eigenvalue weighted by molar-refractivity contribution is -0.0249. The van der Waals surface area contributed by atoms with Gasteiger partial charge in [0.25, 0.3) is 0 Å². The van der Waals surface area contributed by atoms with Gasteiger partial charge in [-0.25, -0.2) is 9.59 Å². The quantitative estimate of drug-likeness (QED) is 0.0765. The molecular formula is C44H62N2O13. The lowest BCUT2D eigenvalue weighted by atomic mass is 9.98. The van der Waals surface area contributed by atoms with Crippen LogP contribution in [0.3, 0.4) is 0 Å². The number of nitrogens with one attached hydrogen (secondary N) is 2. The van der Waals surface area contributed by atoms with Gasteiger partial charge in [0, 0.05) is 25.6 Å². The maximum atomic E-state index is 12.3. The van der Waals surface area contributed by atoms with E-state index in [0.29, 0.717) is 145 Å². The van der Waals surface area contributed by atoms with E-state index in [1.54, 1.807) is 0 Å². The summed E-state index contributed by atoms with van der Waals surface area (Å²) >= 11 is 0. The Balaban J connectivity index is 0.777. The van der Waals surface area contributed by atoms with E-state index < -0.39 is 12.2 Å². The summed E-state index contributed by atoms with van der Waals surface area (Å²) in [5.74, 6) is 0.0451. The summed E-state index contributed by atoms with van der Waals surface area (Å²) < 4.78 is 60.2. The molecule has 1 aliphatic rings. The molecular weight excluding hydrogens is 764 g/mol. The Bertz CT molecular complexity index is 1490. The van der Waals surface area contributed by atoms with Crippen molar-refractivity contribution in [2.24, 2.45) is 0 Å². The summed E-state index contributed by atoms with van der Waals surface area (Å²) in [6.07, 6.45) is -0.213. The smallest absolute Gasteiger partial charge is 0.407 e. The van der Waals surface area contributed by atoms with Crippen molar-refractivity contribution >= 4 is 12.2 Å².